The lowest BCUT2D eigenvalue weighted by Crippen LogP contribution is -2.13. The minimum absolute atomic E-state index is 0.258. The van der Waals surface area contributed by atoms with Crippen molar-refractivity contribution < 1.29 is 9.53 Å². The molecule has 0 atom stereocenters. The third kappa shape index (κ3) is 3.38. The maximum atomic E-state index is 12.7. The van der Waals surface area contributed by atoms with Crippen molar-refractivity contribution in [2.75, 3.05) is 18.6 Å². The second kappa shape index (κ2) is 6.75. The fraction of sp³-hybridized carbons (Fsp3) is 0.353. The number of ether oxygens (including phenoxy) is 1. The third-order valence-electron chi connectivity index (χ3n) is 3.69. The Morgan fingerprint density at radius 3 is 2.48 bits per heavy atom. The minimum atomic E-state index is 0.258. The van der Waals surface area contributed by atoms with E-state index in [1.807, 2.05) is 53.9 Å². The molecule has 3 rings (SSSR count). The summed E-state index contributed by atoms with van der Waals surface area (Å²) in [5.74, 6) is 3.37. The van der Waals surface area contributed by atoms with Gasteiger partial charge in [0, 0.05) is 26.9 Å². The Morgan fingerprint density at radius 1 is 1.10 bits per heavy atom. The molecule has 2 aliphatic rings. The van der Waals surface area contributed by atoms with Gasteiger partial charge < -0.3 is 4.74 Å². The lowest BCUT2D eigenvalue weighted by molar-refractivity contribution is -0.112. The van der Waals surface area contributed by atoms with Gasteiger partial charge in [0.05, 0.1) is 7.11 Å². The second-order valence-corrected chi connectivity index (χ2v) is 7.56. The highest BCUT2D eigenvalue weighted by Crippen LogP contribution is 2.42. The highest BCUT2D eigenvalue weighted by molar-refractivity contribution is 8.25. The second-order valence-electron chi connectivity index (χ2n) is 5.09. The van der Waals surface area contributed by atoms with E-state index in [0.29, 0.717) is 0 Å². The molecule has 0 unspecified atom stereocenters. The van der Waals surface area contributed by atoms with E-state index in [1.165, 1.54) is 4.24 Å². The molecule has 2 fully saturated rings. The molecule has 0 spiro atoms. The van der Waals surface area contributed by atoms with E-state index in [1.54, 1.807) is 7.11 Å². The predicted molar refractivity (Wildman–Crippen MR) is 91.8 cm³/mol. The van der Waals surface area contributed by atoms with Crippen LogP contribution in [-0.4, -0.2) is 24.4 Å². The fourth-order valence-electron chi connectivity index (χ4n) is 2.59. The van der Waals surface area contributed by atoms with Gasteiger partial charge >= 0.3 is 0 Å². The number of carbonyl (C=O) groups excluding carboxylic acids is 1. The molecular weight excluding hydrogens is 300 g/mol. The van der Waals surface area contributed by atoms with Crippen LogP contribution >= 0.6 is 23.5 Å². The van der Waals surface area contributed by atoms with E-state index >= 15 is 0 Å². The van der Waals surface area contributed by atoms with Gasteiger partial charge in [0.2, 0.25) is 0 Å². The van der Waals surface area contributed by atoms with E-state index in [0.717, 1.165) is 53.2 Å². The van der Waals surface area contributed by atoms with E-state index in [4.69, 9.17) is 4.74 Å². The molecule has 1 aromatic carbocycles. The van der Waals surface area contributed by atoms with Gasteiger partial charge in [-0.15, -0.1) is 23.5 Å². The van der Waals surface area contributed by atoms with Crippen molar-refractivity contribution in [3.05, 3.63) is 45.2 Å². The van der Waals surface area contributed by atoms with Crippen LogP contribution in [0.5, 0.6) is 5.75 Å². The summed E-state index contributed by atoms with van der Waals surface area (Å²) in [6, 6.07) is 7.86. The van der Waals surface area contributed by atoms with Crippen LogP contribution in [0.1, 0.15) is 24.8 Å². The monoisotopic (exact) mass is 318 g/mol. The number of ketones is 1. The molecule has 1 aromatic rings. The first kappa shape index (κ1) is 14.8. The molecule has 1 aliphatic heterocycles. The first-order chi connectivity index (χ1) is 10.3. The van der Waals surface area contributed by atoms with E-state index < -0.39 is 0 Å². The highest BCUT2D eigenvalue weighted by Gasteiger charge is 2.25. The summed E-state index contributed by atoms with van der Waals surface area (Å²) in [5.41, 5.74) is 3.06. The third-order valence-corrected chi connectivity index (χ3v) is 6.49. The number of carbonyl (C=O) groups is 1. The van der Waals surface area contributed by atoms with Gasteiger partial charge in [-0.3, -0.25) is 4.79 Å². The lowest BCUT2D eigenvalue weighted by Gasteiger charge is -2.18. The Kier molecular flexibility index (Phi) is 4.76. The zero-order chi connectivity index (χ0) is 14.7. The van der Waals surface area contributed by atoms with Crippen LogP contribution in [0.2, 0.25) is 0 Å². The topological polar surface area (TPSA) is 26.3 Å². The lowest BCUT2D eigenvalue weighted by atomic mass is 9.88. The standard InChI is InChI=1S/C17H18O2S2/c1-19-14-7-5-12(6-8-14)11-13-3-2-4-15(16(13)18)17-20-9-10-21-17/h5-8,11H,2-4,9-10H2,1H3/b13-11-. The predicted octanol–water partition coefficient (Wildman–Crippen LogP) is 4.52. The average molecular weight is 318 g/mol. The van der Waals surface area contributed by atoms with Crippen LogP contribution in [0.4, 0.5) is 0 Å². The SMILES string of the molecule is COc1ccc(/C=C2/CCCC(=C3SCCS3)C2=O)cc1. The summed E-state index contributed by atoms with van der Waals surface area (Å²) in [6.45, 7) is 0. The first-order valence-corrected chi connectivity index (χ1v) is 9.13. The zero-order valence-corrected chi connectivity index (χ0v) is 13.7. The van der Waals surface area contributed by atoms with Crippen molar-refractivity contribution in [3.8, 4) is 5.75 Å². The quantitative estimate of drug-likeness (QED) is 0.749. The van der Waals surface area contributed by atoms with Crippen LogP contribution in [0, 0.1) is 0 Å². The summed E-state index contributed by atoms with van der Waals surface area (Å²) in [6.07, 6.45) is 4.94. The van der Waals surface area contributed by atoms with Gasteiger partial charge in [-0.1, -0.05) is 12.1 Å². The average Bonchev–Trinajstić information content (AvgIpc) is 3.04. The molecule has 1 saturated carbocycles. The van der Waals surface area contributed by atoms with Crippen LogP contribution in [0.15, 0.2) is 39.6 Å². The number of Topliss-reactive ketones (excluding diaryl/α,β-unsaturated/α-hetero) is 1. The molecule has 1 saturated heterocycles. The number of benzene rings is 1. The number of rotatable bonds is 2. The Balaban J connectivity index is 1.85. The molecule has 0 aromatic heterocycles. The summed E-state index contributed by atoms with van der Waals surface area (Å²) >= 11 is 3.69. The van der Waals surface area contributed by atoms with Crippen molar-refractivity contribution in [2.24, 2.45) is 0 Å². The van der Waals surface area contributed by atoms with Crippen LogP contribution in [0.3, 0.4) is 0 Å². The fourth-order valence-corrected chi connectivity index (χ4v) is 5.20. The number of hydrogen-bond donors (Lipinski definition) is 0. The van der Waals surface area contributed by atoms with Gasteiger partial charge in [0.25, 0.3) is 0 Å². The highest BCUT2D eigenvalue weighted by atomic mass is 32.2. The number of hydrogen-bond acceptors (Lipinski definition) is 4. The summed E-state index contributed by atoms with van der Waals surface area (Å²) < 4.78 is 6.43. The summed E-state index contributed by atoms with van der Waals surface area (Å²) in [5, 5.41) is 0. The van der Waals surface area contributed by atoms with E-state index in [2.05, 4.69) is 0 Å². The Bertz CT molecular complexity index is 592. The molecule has 1 heterocycles. The van der Waals surface area contributed by atoms with Crippen molar-refractivity contribution >= 4 is 35.4 Å². The minimum Gasteiger partial charge on any atom is -0.497 e. The first-order valence-electron chi connectivity index (χ1n) is 7.16. The van der Waals surface area contributed by atoms with Gasteiger partial charge in [0.15, 0.2) is 5.78 Å². The van der Waals surface area contributed by atoms with Crippen molar-refractivity contribution in [1.29, 1.82) is 0 Å². The molecule has 110 valence electrons. The normalized spacial score (nSPS) is 21.2. The van der Waals surface area contributed by atoms with Crippen molar-refractivity contribution in [1.82, 2.24) is 0 Å². The molecule has 0 amide bonds. The maximum Gasteiger partial charge on any atom is 0.186 e. The van der Waals surface area contributed by atoms with Gasteiger partial charge in [0.1, 0.15) is 5.75 Å². The largest absolute Gasteiger partial charge is 0.497 e. The van der Waals surface area contributed by atoms with Crippen LogP contribution < -0.4 is 4.74 Å². The van der Waals surface area contributed by atoms with Crippen molar-refractivity contribution in [3.63, 3.8) is 0 Å². The molecule has 0 N–H and O–H groups in total. The van der Waals surface area contributed by atoms with E-state index in [-0.39, 0.29) is 5.78 Å². The van der Waals surface area contributed by atoms with Gasteiger partial charge in [-0.2, -0.15) is 0 Å². The van der Waals surface area contributed by atoms with Crippen LogP contribution in [-0.2, 0) is 4.79 Å². The molecule has 2 nitrogen and oxygen atoms in total. The number of methoxy groups -OCH3 is 1. The Morgan fingerprint density at radius 2 is 1.81 bits per heavy atom. The molecular formula is C17H18O2S2. The smallest absolute Gasteiger partial charge is 0.186 e. The molecule has 4 heteroatoms. The summed E-state index contributed by atoms with van der Waals surface area (Å²) in [4.78, 5) is 12.7. The maximum absolute atomic E-state index is 12.7. The molecule has 1 aliphatic carbocycles. The molecule has 0 radical (unpaired) electrons. The van der Waals surface area contributed by atoms with Gasteiger partial charge in [-0.05, 0) is 43.0 Å². The summed E-state index contributed by atoms with van der Waals surface area (Å²) in [7, 11) is 1.66. The van der Waals surface area contributed by atoms with E-state index in [9.17, 15) is 4.79 Å². The van der Waals surface area contributed by atoms with Crippen LogP contribution in [0.25, 0.3) is 6.08 Å². The molecule has 0 bridgehead atoms. The Hall–Kier alpha value is -1.13. The number of allylic oxidation sites excluding steroid dienone is 2. The molecule has 21 heavy (non-hydrogen) atoms. The Labute approximate surface area is 134 Å². The van der Waals surface area contributed by atoms with Crippen molar-refractivity contribution in [2.45, 2.75) is 19.3 Å². The van der Waals surface area contributed by atoms with Gasteiger partial charge in [-0.25, -0.2) is 0 Å². The number of thioether (sulfide) groups is 2. The zero-order valence-electron chi connectivity index (χ0n) is 12.1.